The number of anilines is 1. The molecule has 2 aromatic rings. The lowest BCUT2D eigenvalue weighted by Crippen LogP contribution is -2.41. The van der Waals surface area contributed by atoms with Crippen LogP contribution in [-0.4, -0.2) is 24.4 Å². The second-order valence-corrected chi connectivity index (χ2v) is 5.81. The van der Waals surface area contributed by atoms with Gasteiger partial charge in [0.25, 0.3) is 5.91 Å². The summed E-state index contributed by atoms with van der Waals surface area (Å²) in [5.41, 5.74) is 0.670. The topological polar surface area (TPSA) is 49.4 Å². The van der Waals surface area contributed by atoms with E-state index in [1.807, 2.05) is 0 Å². The number of rotatable bonds is 3. The highest BCUT2D eigenvalue weighted by Gasteiger charge is 2.34. The number of carbonyl (C=O) groups excluding carboxylic acids is 2. The molecule has 1 heterocycles. The van der Waals surface area contributed by atoms with Crippen molar-refractivity contribution in [1.82, 2.24) is 5.32 Å². The molecule has 0 radical (unpaired) electrons. The Balaban J connectivity index is 1.71. The number of carbonyl (C=O) groups is 2. The van der Waals surface area contributed by atoms with Crippen molar-refractivity contribution >= 4 is 29.1 Å². The lowest BCUT2D eigenvalue weighted by atomic mass is 10.1. The predicted molar refractivity (Wildman–Crippen MR) is 86.0 cm³/mol. The van der Waals surface area contributed by atoms with Gasteiger partial charge in [0.05, 0.1) is 10.6 Å². The summed E-state index contributed by atoms with van der Waals surface area (Å²) in [6, 6.07) is 8.29. The molecule has 4 nitrogen and oxygen atoms in total. The minimum absolute atomic E-state index is 0.0201. The Morgan fingerprint density at radius 1 is 1.12 bits per heavy atom. The van der Waals surface area contributed by atoms with Gasteiger partial charge in [-0.25, -0.2) is 8.78 Å². The maximum Gasteiger partial charge on any atom is 0.253 e. The van der Waals surface area contributed by atoms with Gasteiger partial charge >= 0.3 is 0 Å². The van der Waals surface area contributed by atoms with Crippen molar-refractivity contribution in [2.75, 3.05) is 11.4 Å². The van der Waals surface area contributed by atoms with Gasteiger partial charge in [0, 0.05) is 12.2 Å². The minimum Gasteiger partial charge on any atom is -0.340 e. The molecule has 3 rings (SSSR count). The van der Waals surface area contributed by atoms with Crippen molar-refractivity contribution in [2.24, 2.45) is 0 Å². The smallest absolute Gasteiger partial charge is 0.253 e. The summed E-state index contributed by atoms with van der Waals surface area (Å²) >= 11 is 5.85. The molecule has 0 aliphatic carbocycles. The molecule has 124 valence electrons. The summed E-state index contributed by atoms with van der Waals surface area (Å²) in [5, 5.41) is 2.59. The van der Waals surface area contributed by atoms with Crippen LogP contribution in [0.5, 0.6) is 0 Å². The monoisotopic (exact) mass is 350 g/mol. The molecule has 1 aliphatic heterocycles. The van der Waals surface area contributed by atoms with Crippen LogP contribution in [0, 0.1) is 11.6 Å². The summed E-state index contributed by atoms with van der Waals surface area (Å²) in [6.07, 6.45) is 0.417. The summed E-state index contributed by atoms with van der Waals surface area (Å²) in [5.74, 6) is -1.76. The number of nitrogens with zero attached hydrogens (tertiary/aromatic N) is 1. The maximum atomic E-state index is 13.0. The molecule has 1 fully saturated rings. The van der Waals surface area contributed by atoms with Crippen LogP contribution >= 0.6 is 11.6 Å². The van der Waals surface area contributed by atoms with E-state index in [2.05, 4.69) is 5.32 Å². The third-order valence-corrected chi connectivity index (χ3v) is 4.14. The fourth-order valence-electron chi connectivity index (χ4n) is 2.60. The van der Waals surface area contributed by atoms with Gasteiger partial charge in [0.1, 0.15) is 17.7 Å². The molecule has 1 atom stereocenters. The molecule has 0 bridgehead atoms. The fourth-order valence-corrected chi connectivity index (χ4v) is 2.85. The van der Waals surface area contributed by atoms with Crippen molar-refractivity contribution in [2.45, 2.75) is 12.5 Å². The fraction of sp³-hybridized carbons (Fsp3) is 0.176. The number of hydrogen-bond acceptors (Lipinski definition) is 2. The SMILES string of the molecule is O=C(N[C@@H]1CCN(c2ccc(F)cc2)C1=O)c1ccc(F)cc1Cl. The van der Waals surface area contributed by atoms with Crippen LogP contribution in [0.15, 0.2) is 42.5 Å². The Morgan fingerprint density at radius 2 is 1.79 bits per heavy atom. The molecule has 1 saturated heterocycles. The zero-order valence-electron chi connectivity index (χ0n) is 12.4. The minimum atomic E-state index is -0.705. The summed E-state index contributed by atoms with van der Waals surface area (Å²) in [7, 11) is 0. The van der Waals surface area contributed by atoms with Crippen LogP contribution in [0.3, 0.4) is 0 Å². The number of hydrogen-bond donors (Lipinski definition) is 1. The molecule has 24 heavy (non-hydrogen) atoms. The highest BCUT2D eigenvalue weighted by molar-refractivity contribution is 6.33. The third-order valence-electron chi connectivity index (χ3n) is 3.82. The standard InChI is InChI=1S/C17H13ClF2N2O2/c18-14-9-11(20)3-6-13(14)16(23)21-15-7-8-22(17(15)24)12-4-1-10(19)2-5-12/h1-6,9,15H,7-8H2,(H,21,23)/t15-/m1/s1. The highest BCUT2D eigenvalue weighted by atomic mass is 35.5. The highest BCUT2D eigenvalue weighted by Crippen LogP contribution is 2.23. The van der Waals surface area contributed by atoms with Gasteiger partial charge in [-0.05, 0) is 48.9 Å². The van der Waals surface area contributed by atoms with Crippen LogP contribution in [0.1, 0.15) is 16.8 Å². The van der Waals surface area contributed by atoms with E-state index in [4.69, 9.17) is 11.6 Å². The molecule has 0 aromatic heterocycles. The molecular weight excluding hydrogens is 338 g/mol. The van der Waals surface area contributed by atoms with E-state index in [1.54, 1.807) is 0 Å². The van der Waals surface area contributed by atoms with Crippen LogP contribution in [0.25, 0.3) is 0 Å². The second kappa shape index (κ2) is 6.57. The first-order valence-electron chi connectivity index (χ1n) is 7.28. The molecule has 0 spiro atoms. The van der Waals surface area contributed by atoms with Crippen LogP contribution < -0.4 is 10.2 Å². The molecule has 2 aromatic carbocycles. The molecule has 0 saturated carbocycles. The summed E-state index contributed by atoms with van der Waals surface area (Å²) in [6.45, 7) is 0.409. The first-order chi connectivity index (χ1) is 11.5. The number of nitrogens with one attached hydrogen (secondary N) is 1. The van der Waals surface area contributed by atoms with Crippen molar-refractivity contribution in [3.8, 4) is 0 Å². The van der Waals surface area contributed by atoms with Gasteiger partial charge in [-0.3, -0.25) is 9.59 Å². The molecule has 7 heteroatoms. The van der Waals surface area contributed by atoms with Crippen LogP contribution in [-0.2, 0) is 4.79 Å². The largest absolute Gasteiger partial charge is 0.340 e. The predicted octanol–water partition coefficient (Wildman–Crippen LogP) is 3.15. The van der Waals surface area contributed by atoms with E-state index < -0.39 is 17.8 Å². The summed E-state index contributed by atoms with van der Waals surface area (Å²) < 4.78 is 26.0. The van der Waals surface area contributed by atoms with E-state index in [1.165, 1.54) is 35.2 Å². The van der Waals surface area contributed by atoms with Crippen LogP contribution in [0.4, 0.5) is 14.5 Å². The van der Waals surface area contributed by atoms with Gasteiger partial charge in [0.2, 0.25) is 5.91 Å². The first kappa shape index (κ1) is 16.4. The van der Waals surface area contributed by atoms with E-state index in [0.717, 1.165) is 12.1 Å². The molecule has 1 aliphatic rings. The Hall–Kier alpha value is -2.47. The van der Waals surface area contributed by atoms with E-state index in [-0.39, 0.29) is 22.3 Å². The van der Waals surface area contributed by atoms with Gasteiger partial charge < -0.3 is 10.2 Å². The number of amides is 2. The quantitative estimate of drug-likeness (QED) is 0.924. The lowest BCUT2D eigenvalue weighted by Gasteiger charge is -2.17. The van der Waals surface area contributed by atoms with Crippen molar-refractivity contribution in [3.05, 3.63) is 64.7 Å². The Kier molecular flexibility index (Phi) is 4.49. The second-order valence-electron chi connectivity index (χ2n) is 5.41. The van der Waals surface area contributed by atoms with Crippen molar-refractivity contribution in [3.63, 3.8) is 0 Å². The zero-order chi connectivity index (χ0) is 17.3. The van der Waals surface area contributed by atoms with Crippen molar-refractivity contribution in [1.29, 1.82) is 0 Å². The van der Waals surface area contributed by atoms with Gasteiger partial charge in [-0.1, -0.05) is 11.6 Å². The molecular formula is C17H13ClF2N2O2. The van der Waals surface area contributed by atoms with E-state index in [9.17, 15) is 18.4 Å². The Labute approximate surface area is 142 Å². The van der Waals surface area contributed by atoms with Gasteiger partial charge in [-0.2, -0.15) is 0 Å². The molecule has 2 amide bonds. The zero-order valence-corrected chi connectivity index (χ0v) is 13.2. The number of benzene rings is 2. The molecule has 0 unspecified atom stereocenters. The lowest BCUT2D eigenvalue weighted by molar-refractivity contribution is -0.118. The molecule has 1 N–H and O–H groups in total. The average molecular weight is 351 g/mol. The average Bonchev–Trinajstić information content (AvgIpc) is 2.89. The van der Waals surface area contributed by atoms with Crippen LogP contribution in [0.2, 0.25) is 5.02 Å². The maximum absolute atomic E-state index is 13.0. The summed E-state index contributed by atoms with van der Waals surface area (Å²) in [4.78, 5) is 26.1. The van der Waals surface area contributed by atoms with Crippen molar-refractivity contribution < 1.29 is 18.4 Å². The van der Waals surface area contributed by atoms with Gasteiger partial charge in [0.15, 0.2) is 0 Å². The van der Waals surface area contributed by atoms with Gasteiger partial charge in [-0.15, -0.1) is 0 Å². The van der Waals surface area contributed by atoms with E-state index >= 15 is 0 Å². The van der Waals surface area contributed by atoms with E-state index in [0.29, 0.717) is 18.7 Å². The third kappa shape index (κ3) is 3.23. The Bertz CT molecular complexity index is 796. The number of halogens is 3. The normalized spacial score (nSPS) is 17.2. The first-order valence-corrected chi connectivity index (χ1v) is 7.66. The Morgan fingerprint density at radius 3 is 2.46 bits per heavy atom.